The molecule has 0 spiro atoms. The van der Waals surface area contributed by atoms with Gasteiger partial charge in [0.2, 0.25) is 0 Å². The van der Waals surface area contributed by atoms with Crippen molar-refractivity contribution in [3.05, 3.63) is 48.0 Å². The molecule has 1 aliphatic heterocycles. The Morgan fingerprint density at radius 1 is 0.895 bits per heavy atom. The number of likely N-dealkylation sites (tertiary alicyclic amines) is 1. The molecule has 4 aromatic rings. The molecule has 2 aromatic heterocycles. The van der Waals surface area contributed by atoms with Crippen LogP contribution in [0.15, 0.2) is 42.5 Å². The lowest BCUT2D eigenvalue weighted by atomic mass is 10.1. The quantitative estimate of drug-likeness (QED) is 0.193. The van der Waals surface area contributed by atoms with Gasteiger partial charge in [0, 0.05) is 25.2 Å². The fourth-order valence-electron chi connectivity index (χ4n) is 5.44. The first-order chi connectivity index (χ1) is 18.7. The second-order valence-corrected chi connectivity index (χ2v) is 11.6. The highest BCUT2D eigenvalue weighted by Gasteiger charge is 2.21. The van der Waals surface area contributed by atoms with Gasteiger partial charge in [0.25, 0.3) is 5.91 Å². The number of amides is 1. The summed E-state index contributed by atoms with van der Waals surface area (Å²) < 4.78 is 3.49. The maximum Gasteiger partial charge on any atom is 0.253 e. The number of piperidine rings is 1. The Kier molecular flexibility index (Phi) is 9.07. The Morgan fingerprint density at radius 3 is 2.39 bits per heavy atom. The zero-order chi connectivity index (χ0) is 26.3. The van der Waals surface area contributed by atoms with Crippen molar-refractivity contribution in [2.75, 3.05) is 32.7 Å². The summed E-state index contributed by atoms with van der Waals surface area (Å²) in [4.78, 5) is 28.2. The van der Waals surface area contributed by atoms with E-state index in [1.54, 1.807) is 11.3 Å². The lowest BCUT2D eigenvalue weighted by molar-refractivity contribution is 0.0751. The van der Waals surface area contributed by atoms with Crippen LogP contribution in [0.25, 0.3) is 32.1 Å². The number of nitrogens with zero attached hydrogens (tertiary/aromatic N) is 5. The van der Waals surface area contributed by atoms with Crippen LogP contribution in [0.4, 0.5) is 0 Å². The normalized spacial score (nSPS) is 14.5. The summed E-state index contributed by atoms with van der Waals surface area (Å²) in [7, 11) is 0. The molecular weight excluding hydrogens is 490 g/mol. The Balaban J connectivity index is 1.48. The average molecular weight is 532 g/mol. The number of carbonyl (C=O) groups excluding carboxylic acids is 1. The number of aromatic nitrogens is 3. The van der Waals surface area contributed by atoms with Crippen molar-refractivity contribution in [1.29, 1.82) is 0 Å². The summed E-state index contributed by atoms with van der Waals surface area (Å²) >= 11 is 1.69. The van der Waals surface area contributed by atoms with Gasteiger partial charge in [-0.05, 0) is 82.1 Å². The van der Waals surface area contributed by atoms with E-state index in [0.717, 1.165) is 91.2 Å². The fraction of sp³-hybridized carbons (Fsp3) is 0.516. The van der Waals surface area contributed by atoms with E-state index >= 15 is 0 Å². The van der Waals surface area contributed by atoms with E-state index in [1.165, 1.54) is 37.1 Å². The number of hydrogen-bond acceptors (Lipinski definition) is 5. The first-order valence-corrected chi connectivity index (χ1v) is 15.4. The summed E-state index contributed by atoms with van der Waals surface area (Å²) in [5.74, 6) is 1.05. The van der Waals surface area contributed by atoms with E-state index in [0.29, 0.717) is 0 Å². The third kappa shape index (κ3) is 6.10. The number of para-hydroxylation sites is 1. The predicted octanol–water partition coefficient (Wildman–Crippen LogP) is 7.23. The van der Waals surface area contributed by atoms with Crippen LogP contribution in [0.1, 0.15) is 75.6 Å². The van der Waals surface area contributed by atoms with Gasteiger partial charge in [-0.15, -0.1) is 11.3 Å². The van der Waals surface area contributed by atoms with Gasteiger partial charge in [0.1, 0.15) is 0 Å². The molecule has 0 bridgehead atoms. The minimum atomic E-state index is 0.136. The molecule has 38 heavy (non-hydrogen) atoms. The molecular formula is C31H41N5OS. The molecule has 6 nitrogen and oxygen atoms in total. The number of benzene rings is 2. The maximum atomic E-state index is 13.6. The largest absolute Gasteiger partial charge is 0.339 e. The number of fused-ring (bicyclic) bond motifs is 2. The predicted molar refractivity (Wildman–Crippen MR) is 159 cm³/mol. The molecule has 7 heteroatoms. The van der Waals surface area contributed by atoms with Crippen molar-refractivity contribution in [1.82, 2.24) is 24.3 Å². The molecule has 0 unspecified atom stereocenters. The zero-order valence-electron chi connectivity index (χ0n) is 23.0. The van der Waals surface area contributed by atoms with Crippen LogP contribution < -0.4 is 0 Å². The van der Waals surface area contributed by atoms with E-state index in [1.807, 2.05) is 23.1 Å². The second kappa shape index (κ2) is 12.9. The van der Waals surface area contributed by atoms with E-state index in [-0.39, 0.29) is 5.91 Å². The van der Waals surface area contributed by atoms with Crippen LogP contribution in [0.2, 0.25) is 0 Å². The third-order valence-corrected chi connectivity index (χ3v) is 8.67. The van der Waals surface area contributed by atoms with E-state index in [9.17, 15) is 4.79 Å². The number of unbranched alkanes of at least 4 members (excludes halogenated alkanes) is 2. The molecule has 0 N–H and O–H groups in total. The maximum absolute atomic E-state index is 13.6. The smallest absolute Gasteiger partial charge is 0.253 e. The Morgan fingerprint density at radius 2 is 1.66 bits per heavy atom. The van der Waals surface area contributed by atoms with Gasteiger partial charge in [0.15, 0.2) is 10.8 Å². The van der Waals surface area contributed by atoms with Crippen LogP contribution in [0.5, 0.6) is 0 Å². The monoisotopic (exact) mass is 531 g/mol. The van der Waals surface area contributed by atoms with Gasteiger partial charge in [-0.2, -0.15) is 0 Å². The highest BCUT2D eigenvalue weighted by molar-refractivity contribution is 7.21. The van der Waals surface area contributed by atoms with Crippen LogP contribution in [0, 0.1) is 0 Å². The van der Waals surface area contributed by atoms with Gasteiger partial charge in [-0.1, -0.05) is 45.2 Å². The van der Waals surface area contributed by atoms with Gasteiger partial charge < -0.3 is 14.4 Å². The van der Waals surface area contributed by atoms with Crippen molar-refractivity contribution in [2.24, 2.45) is 0 Å². The highest BCUT2D eigenvalue weighted by Crippen LogP contribution is 2.32. The molecule has 1 fully saturated rings. The SMILES string of the molecule is CCCCN(CCCC)C(=O)c1ccc2nc(-c3nc4ccccc4s3)n(CCCN3CCCCC3)c2c1. The van der Waals surface area contributed by atoms with Gasteiger partial charge >= 0.3 is 0 Å². The van der Waals surface area contributed by atoms with Crippen LogP contribution >= 0.6 is 11.3 Å². The Bertz CT molecular complexity index is 1310. The summed E-state index contributed by atoms with van der Waals surface area (Å²) in [5, 5.41) is 0.945. The van der Waals surface area contributed by atoms with Gasteiger partial charge in [-0.25, -0.2) is 9.97 Å². The number of thiazole rings is 1. The number of carbonyl (C=O) groups is 1. The van der Waals surface area contributed by atoms with Crippen LogP contribution in [-0.4, -0.2) is 63.0 Å². The molecule has 1 aliphatic rings. The lowest BCUT2D eigenvalue weighted by Gasteiger charge is -2.26. The van der Waals surface area contributed by atoms with Crippen molar-refractivity contribution < 1.29 is 4.79 Å². The number of aryl methyl sites for hydroxylation is 1. The van der Waals surface area contributed by atoms with Crippen molar-refractivity contribution in [2.45, 2.75) is 71.8 Å². The zero-order valence-corrected chi connectivity index (χ0v) is 23.8. The molecule has 202 valence electrons. The van der Waals surface area contributed by atoms with Gasteiger partial charge in [-0.3, -0.25) is 4.79 Å². The summed E-state index contributed by atoms with van der Waals surface area (Å²) in [6, 6.07) is 14.4. The average Bonchev–Trinajstić information content (AvgIpc) is 3.54. The molecule has 0 atom stereocenters. The standard InChI is InChI=1S/C31H41N5OS/c1-3-5-20-35(21-6-4-2)31(37)24-15-16-25-27(23-24)36(22-12-19-34-17-10-7-11-18-34)29(32-25)30-33-26-13-8-9-14-28(26)38-30/h8-9,13-16,23H,3-7,10-12,17-22H2,1-2H3. The number of hydrogen-bond donors (Lipinski definition) is 0. The molecule has 0 radical (unpaired) electrons. The highest BCUT2D eigenvalue weighted by atomic mass is 32.1. The minimum absolute atomic E-state index is 0.136. The summed E-state index contributed by atoms with van der Waals surface area (Å²) in [6.45, 7) is 10.4. The van der Waals surface area contributed by atoms with Crippen molar-refractivity contribution >= 4 is 38.5 Å². The topological polar surface area (TPSA) is 54.3 Å². The van der Waals surface area contributed by atoms with Crippen molar-refractivity contribution in [3.8, 4) is 10.8 Å². The minimum Gasteiger partial charge on any atom is -0.339 e. The fourth-order valence-corrected chi connectivity index (χ4v) is 6.41. The third-order valence-electron chi connectivity index (χ3n) is 7.64. The van der Waals surface area contributed by atoms with E-state index < -0.39 is 0 Å². The van der Waals surface area contributed by atoms with Gasteiger partial charge in [0.05, 0.1) is 21.3 Å². The molecule has 1 saturated heterocycles. The molecule has 2 aromatic carbocycles. The van der Waals surface area contributed by atoms with E-state index in [4.69, 9.17) is 9.97 Å². The second-order valence-electron chi connectivity index (χ2n) is 10.5. The molecule has 0 aliphatic carbocycles. The molecule has 3 heterocycles. The van der Waals surface area contributed by atoms with E-state index in [2.05, 4.69) is 47.6 Å². The molecule has 0 saturated carbocycles. The molecule has 5 rings (SSSR count). The van der Waals surface area contributed by atoms with Crippen molar-refractivity contribution in [3.63, 3.8) is 0 Å². The number of imidazole rings is 1. The Hall–Kier alpha value is -2.77. The Labute approximate surface area is 230 Å². The summed E-state index contributed by atoms with van der Waals surface area (Å²) in [6.07, 6.45) is 9.28. The van der Waals surface area contributed by atoms with Crippen LogP contribution in [-0.2, 0) is 6.54 Å². The summed E-state index contributed by atoms with van der Waals surface area (Å²) in [5.41, 5.74) is 3.74. The van der Waals surface area contributed by atoms with Crippen LogP contribution in [0.3, 0.4) is 0 Å². The first kappa shape index (κ1) is 26.8. The lowest BCUT2D eigenvalue weighted by Crippen LogP contribution is -2.33. The number of rotatable bonds is 12. The molecule has 1 amide bonds. The first-order valence-electron chi connectivity index (χ1n) is 14.6.